The number of thiophene rings is 1. The normalized spacial score (nSPS) is 10.2. The Morgan fingerprint density at radius 3 is 2.30 bits per heavy atom. The number of ether oxygens (including phenoxy) is 2. The number of nitrogens with one attached hydrogen (secondary N) is 1. The monoisotopic (exact) mass is 381 g/mol. The Balaban J connectivity index is 1.38. The first-order valence-electron chi connectivity index (χ1n) is 8.44. The summed E-state index contributed by atoms with van der Waals surface area (Å²) < 4.78 is 10.3. The summed E-state index contributed by atoms with van der Waals surface area (Å²) in [6, 6.07) is 21.2. The van der Waals surface area contributed by atoms with Crippen molar-refractivity contribution in [3.63, 3.8) is 0 Å². The van der Waals surface area contributed by atoms with Gasteiger partial charge in [-0.05, 0) is 34.7 Å². The highest BCUT2D eigenvalue weighted by Gasteiger charge is 2.09. The molecule has 0 aliphatic heterocycles. The number of hydrogen-bond acceptors (Lipinski definition) is 5. The largest absolute Gasteiger partial charge is 0.482 e. The van der Waals surface area contributed by atoms with Gasteiger partial charge in [-0.3, -0.25) is 4.79 Å². The highest BCUT2D eigenvalue weighted by Crippen LogP contribution is 2.21. The zero-order chi connectivity index (χ0) is 18.9. The van der Waals surface area contributed by atoms with Gasteiger partial charge in [0, 0.05) is 4.88 Å². The van der Waals surface area contributed by atoms with Crippen LogP contribution in [0.3, 0.4) is 0 Å². The minimum absolute atomic E-state index is 0.247. The molecule has 1 amide bonds. The predicted octanol–water partition coefficient (Wildman–Crippen LogP) is 3.65. The maximum atomic E-state index is 11.7. The zero-order valence-electron chi connectivity index (χ0n) is 14.6. The Morgan fingerprint density at radius 2 is 1.59 bits per heavy atom. The Morgan fingerprint density at radius 1 is 0.852 bits per heavy atom. The SMILES string of the molecule is O=C(COC(=O)COc1ccc(-c2ccccc2)cc1)NCc1cccs1. The van der Waals surface area contributed by atoms with Gasteiger partial charge in [-0.1, -0.05) is 48.5 Å². The molecule has 0 atom stereocenters. The quantitative estimate of drug-likeness (QED) is 0.605. The van der Waals surface area contributed by atoms with Crippen LogP contribution in [-0.2, 0) is 20.9 Å². The van der Waals surface area contributed by atoms with Crippen molar-refractivity contribution in [3.05, 3.63) is 77.0 Å². The van der Waals surface area contributed by atoms with Crippen molar-refractivity contribution in [2.24, 2.45) is 0 Å². The van der Waals surface area contributed by atoms with Crippen LogP contribution >= 0.6 is 11.3 Å². The van der Waals surface area contributed by atoms with Gasteiger partial charge >= 0.3 is 5.97 Å². The molecule has 0 saturated carbocycles. The van der Waals surface area contributed by atoms with E-state index < -0.39 is 5.97 Å². The molecule has 1 N–H and O–H groups in total. The average Bonchev–Trinajstić information content (AvgIpc) is 3.24. The van der Waals surface area contributed by atoms with Crippen molar-refractivity contribution in [2.45, 2.75) is 6.54 Å². The van der Waals surface area contributed by atoms with Crippen molar-refractivity contribution in [2.75, 3.05) is 13.2 Å². The standard InChI is InChI=1S/C21H19NO4S/c23-20(22-13-19-7-4-12-27-19)14-26-21(24)15-25-18-10-8-17(9-11-18)16-5-2-1-3-6-16/h1-12H,13-15H2,(H,22,23). The van der Waals surface area contributed by atoms with E-state index in [1.54, 1.807) is 23.5 Å². The summed E-state index contributed by atoms with van der Waals surface area (Å²) in [7, 11) is 0. The van der Waals surface area contributed by atoms with E-state index in [2.05, 4.69) is 5.32 Å². The highest BCUT2D eigenvalue weighted by atomic mass is 32.1. The first kappa shape index (κ1) is 18.7. The minimum atomic E-state index is -0.589. The number of benzene rings is 2. The van der Waals surface area contributed by atoms with Crippen LogP contribution < -0.4 is 10.1 Å². The molecule has 0 radical (unpaired) electrons. The Kier molecular flexibility index (Phi) is 6.60. The lowest BCUT2D eigenvalue weighted by Gasteiger charge is -2.08. The summed E-state index contributed by atoms with van der Waals surface area (Å²) in [5.74, 6) is -0.369. The van der Waals surface area contributed by atoms with Gasteiger partial charge in [0.2, 0.25) is 0 Å². The lowest BCUT2D eigenvalue weighted by Crippen LogP contribution is -2.29. The fraction of sp³-hybridized carbons (Fsp3) is 0.143. The number of carbonyl (C=O) groups excluding carboxylic acids is 2. The van der Waals surface area contributed by atoms with E-state index in [1.807, 2.05) is 60.0 Å². The first-order valence-corrected chi connectivity index (χ1v) is 9.31. The molecule has 0 bridgehead atoms. The third-order valence-corrected chi connectivity index (χ3v) is 4.60. The number of esters is 1. The number of carbonyl (C=O) groups is 2. The minimum Gasteiger partial charge on any atom is -0.482 e. The third kappa shape index (κ3) is 5.97. The lowest BCUT2D eigenvalue weighted by atomic mass is 10.1. The second-order valence-corrected chi connectivity index (χ2v) is 6.73. The van der Waals surface area contributed by atoms with Gasteiger partial charge in [0.25, 0.3) is 5.91 Å². The first-order chi connectivity index (χ1) is 13.2. The van der Waals surface area contributed by atoms with Gasteiger partial charge in [0.1, 0.15) is 5.75 Å². The second kappa shape index (κ2) is 9.54. The lowest BCUT2D eigenvalue weighted by molar-refractivity contribution is -0.150. The molecule has 0 aliphatic rings. The van der Waals surface area contributed by atoms with Gasteiger partial charge in [-0.15, -0.1) is 11.3 Å². The van der Waals surface area contributed by atoms with Gasteiger partial charge in [0.05, 0.1) is 6.54 Å². The fourth-order valence-electron chi connectivity index (χ4n) is 2.35. The van der Waals surface area contributed by atoms with Crippen molar-refractivity contribution >= 4 is 23.2 Å². The van der Waals surface area contributed by atoms with Gasteiger partial charge < -0.3 is 14.8 Å². The summed E-state index contributed by atoms with van der Waals surface area (Å²) in [6.45, 7) is -0.137. The molecule has 0 spiro atoms. The summed E-state index contributed by atoms with van der Waals surface area (Å²) in [6.07, 6.45) is 0. The Labute approximate surface area is 161 Å². The molecule has 138 valence electrons. The molecule has 0 aliphatic carbocycles. The van der Waals surface area contributed by atoms with Crippen LogP contribution in [0.15, 0.2) is 72.1 Å². The fourth-order valence-corrected chi connectivity index (χ4v) is 3.00. The second-order valence-electron chi connectivity index (χ2n) is 5.70. The number of amides is 1. The van der Waals surface area contributed by atoms with Gasteiger partial charge in [-0.2, -0.15) is 0 Å². The van der Waals surface area contributed by atoms with E-state index in [9.17, 15) is 9.59 Å². The predicted molar refractivity (Wildman–Crippen MR) is 104 cm³/mol. The van der Waals surface area contributed by atoms with Crippen LogP contribution in [-0.4, -0.2) is 25.1 Å². The number of hydrogen-bond donors (Lipinski definition) is 1. The molecular weight excluding hydrogens is 362 g/mol. The molecule has 3 rings (SSSR count). The van der Waals surface area contributed by atoms with Crippen LogP contribution in [0.4, 0.5) is 0 Å². The van der Waals surface area contributed by atoms with Crippen molar-refractivity contribution in [1.82, 2.24) is 5.32 Å². The summed E-state index contributed by atoms with van der Waals surface area (Å²) in [4.78, 5) is 24.4. The smallest absolute Gasteiger partial charge is 0.344 e. The van der Waals surface area contributed by atoms with Crippen molar-refractivity contribution < 1.29 is 19.1 Å². The van der Waals surface area contributed by atoms with E-state index >= 15 is 0 Å². The molecule has 0 saturated heterocycles. The average molecular weight is 381 g/mol. The van der Waals surface area contributed by atoms with E-state index in [4.69, 9.17) is 9.47 Å². The van der Waals surface area contributed by atoms with Crippen LogP contribution in [0.5, 0.6) is 5.75 Å². The molecule has 0 fully saturated rings. The molecule has 5 nitrogen and oxygen atoms in total. The van der Waals surface area contributed by atoms with Crippen LogP contribution in [0.25, 0.3) is 11.1 Å². The molecule has 3 aromatic rings. The van der Waals surface area contributed by atoms with Gasteiger partial charge in [-0.25, -0.2) is 4.79 Å². The summed E-state index contributed by atoms with van der Waals surface area (Å²) in [5.41, 5.74) is 2.17. The molecule has 6 heteroatoms. The van der Waals surface area contributed by atoms with E-state index in [1.165, 1.54) is 0 Å². The van der Waals surface area contributed by atoms with Crippen LogP contribution in [0.1, 0.15) is 4.88 Å². The molecule has 2 aromatic carbocycles. The van der Waals surface area contributed by atoms with Crippen LogP contribution in [0, 0.1) is 0 Å². The number of rotatable bonds is 8. The Hall–Kier alpha value is -3.12. The van der Waals surface area contributed by atoms with E-state index in [-0.39, 0.29) is 19.1 Å². The molecule has 0 unspecified atom stereocenters. The topological polar surface area (TPSA) is 64.6 Å². The molecule has 1 heterocycles. The summed E-state index contributed by atoms with van der Waals surface area (Å²) in [5, 5.41) is 4.63. The van der Waals surface area contributed by atoms with E-state index in [0.29, 0.717) is 12.3 Å². The van der Waals surface area contributed by atoms with Crippen LogP contribution in [0.2, 0.25) is 0 Å². The zero-order valence-corrected chi connectivity index (χ0v) is 15.4. The van der Waals surface area contributed by atoms with Crippen molar-refractivity contribution in [3.8, 4) is 16.9 Å². The molecule has 1 aromatic heterocycles. The maximum absolute atomic E-state index is 11.7. The Bertz CT molecular complexity index is 861. The van der Waals surface area contributed by atoms with E-state index in [0.717, 1.165) is 16.0 Å². The van der Waals surface area contributed by atoms with Crippen molar-refractivity contribution in [1.29, 1.82) is 0 Å². The highest BCUT2D eigenvalue weighted by molar-refractivity contribution is 7.09. The maximum Gasteiger partial charge on any atom is 0.344 e. The van der Waals surface area contributed by atoms with Gasteiger partial charge in [0.15, 0.2) is 13.2 Å². The molecule has 27 heavy (non-hydrogen) atoms. The molecular formula is C21H19NO4S. The summed E-state index contributed by atoms with van der Waals surface area (Å²) >= 11 is 1.55. The third-order valence-electron chi connectivity index (χ3n) is 3.72.